The maximum Gasteiger partial charge on any atom is 0.231 e. The van der Waals surface area contributed by atoms with Crippen molar-refractivity contribution in [1.82, 2.24) is 5.32 Å². The molecule has 2 aromatic rings. The zero-order chi connectivity index (χ0) is 25.3. The number of rotatable bonds is 9. The van der Waals surface area contributed by atoms with Crippen molar-refractivity contribution in [2.24, 2.45) is 11.8 Å². The van der Waals surface area contributed by atoms with Crippen LogP contribution in [-0.2, 0) is 27.2 Å². The molecule has 0 aromatic heterocycles. The number of ketones is 1. The lowest BCUT2D eigenvalue weighted by molar-refractivity contribution is -0.129. The van der Waals surface area contributed by atoms with E-state index in [1.54, 1.807) is 18.1 Å². The van der Waals surface area contributed by atoms with Crippen molar-refractivity contribution in [3.05, 3.63) is 53.3 Å². The monoisotopic (exact) mass is 489 g/mol. The van der Waals surface area contributed by atoms with E-state index in [1.165, 1.54) is 6.07 Å². The highest BCUT2D eigenvalue weighted by molar-refractivity contribution is 6.02. The van der Waals surface area contributed by atoms with Gasteiger partial charge in [0.05, 0.1) is 30.6 Å². The second kappa shape index (κ2) is 10.1. The molecule has 0 radical (unpaired) electrons. The molecule has 0 unspecified atom stereocenters. The molecule has 7 heteroatoms. The smallest absolute Gasteiger partial charge is 0.231 e. The van der Waals surface area contributed by atoms with Gasteiger partial charge in [0.2, 0.25) is 5.91 Å². The lowest BCUT2D eigenvalue weighted by atomic mass is 9.68. The summed E-state index contributed by atoms with van der Waals surface area (Å²) in [5, 5.41) is 13.2. The van der Waals surface area contributed by atoms with Gasteiger partial charge >= 0.3 is 0 Å². The number of benzene rings is 2. The van der Waals surface area contributed by atoms with E-state index in [4.69, 9.17) is 4.74 Å². The molecule has 3 fully saturated rings. The number of methoxy groups -OCH3 is 1. The highest BCUT2D eigenvalue weighted by atomic mass is 19.1. The number of nitriles is 1. The average molecular weight is 490 g/mol. The number of nitrogens with zero attached hydrogens (tertiary/aromatic N) is 2. The fraction of sp³-hybridized carbons (Fsp3) is 0.483. The predicted octanol–water partition coefficient (Wildman–Crippen LogP) is 4.20. The number of hydrogen-bond acceptors (Lipinski definition) is 5. The SMILES string of the molecule is COCCN1C(=O)Cc2ccc(-c3ccc(C[C@@H](C#N)CC(=O)C45CCC(CC4)CN5)c(F)c3)cc21. The number of piperidine rings is 2. The van der Waals surface area contributed by atoms with Crippen molar-refractivity contribution in [2.75, 3.05) is 31.7 Å². The van der Waals surface area contributed by atoms with E-state index in [0.717, 1.165) is 49.0 Å². The number of amides is 1. The van der Waals surface area contributed by atoms with Gasteiger partial charge in [0.15, 0.2) is 5.78 Å². The third-order valence-electron chi connectivity index (χ3n) is 8.23. The van der Waals surface area contributed by atoms with Gasteiger partial charge in [0.1, 0.15) is 5.82 Å². The Morgan fingerprint density at radius 3 is 2.67 bits per heavy atom. The summed E-state index contributed by atoms with van der Waals surface area (Å²) in [4.78, 5) is 27.2. The number of nitrogens with one attached hydrogen (secondary N) is 1. The lowest BCUT2D eigenvalue weighted by Gasteiger charge is -2.46. The average Bonchev–Trinajstić information content (AvgIpc) is 3.22. The van der Waals surface area contributed by atoms with Crippen LogP contribution in [0.2, 0.25) is 0 Å². The minimum atomic E-state index is -0.561. The summed E-state index contributed by atoms with van der Waals surface area (Å²) in [5.74, 6) is -0.154. The normalized spacial score (nSPS) is 23.4. The van der Waals surface area contributed by atoms with Crippen molar-refractivity contribution in [2.45, 2.75) is 50.5 Å². The summed E-state index contributed by atoms with van der Waals surface area (Å²) in [6.07, 6.45) is 4.51. The quantitative estimate of drug-likeness (QED) is 0.571. The Morgan fingerprint density at radius 1 is 1.25 bits per heavy atom. The van der Waals surface area contributed by atoms with E-state index in [0.29, 0.717) is 36.6 Å². The molecule has 2 aromatic carbocycles. The fourth-order valence-electron chi connectivity index (χ4n) is 5.97. The zero-order valence-electron chi connectivity index (χ0n) is 20.7. The van der Waals surface area contributed by atoms with Crippen molar-refractivity contribution in [1.29, 1.82) is 5.26 Å². The standard InChI is InChI=1S/C29H32FN3O3/c1-36-11-10-33-26-15-22(3-5-24(26)16-28(33)35)21-2-4-23(25(30)14-21)12-20(17-31)13-27(34)29-8-6-19(7-9-29)18-32-29/h2-5,14-15,19-20,32H,6-13,16,18H2,1H3/t19?,20-,29?/m1/s1. The van der Waals surface area contributed by atoms with Crippen LogP contribution in [0.4, 0.5) is 10.1 Å². The molecule has 3 aliphatic heterocycles. The molecule has 1 saturated carbocycles. The van der Waals surface area contributed by atoms with Crippen LogP contribution in [-0.4, -0.2) is 44.0 Å². The first kappa shape index (κ1) is 24.6. The van der Waals surface area contributed by atoms with Gasteiger partial charge in [-0.3, -0.25) is 9.59 Å². The summed E-state index contributed by atoms with van der Waals surface area (Å²) < 4.78 is 20.3. The summed E-state index contributed by atoms with van der Waals surface area (Å²) in [5.41, 5.74) is 3.27. The second-order valence-corrected chi connectivity index (χ2v) is 10.4. The van der Waals surface area contributed by atoms with Crippen LogP contribution in [0.3, 0.4) is 0 Å². The molecule has 1 amide bonds. The number of halogens is 1. The first-order chi connectivity index (χ1) is 17.4. The fourth-order valence-corrected chi connectivity index (χ4v) is 5.97. The molecule has 6 nitrogen and oxygen atoms in total. The van der Waals surface area contributed by atoms with Gasteiger partial charge in [0, 0.05) is 25.8 Å². The van der Waals surface area contributed by atoms with E-state index in [-0.39, 0.29) is 30.3 Å². The minimum Gasteiger partial charge on any atom is -0.383 e. The van der Waals surface area contributed by atoms with Crippen LogP contribution < -0.4 is 10.2 Å². The topological polar surface area (TPSA) is 82.4 Å². The van der Waals surface area contributed by atoms with Gasteiger partial charge in [-0.05, 0) is 79.0 Å². The number of fused-ring (bicyclic) bond motifs is 4. The van der Waals surface area contributed by atoms with E-state index in [2.05, 4.69) is 11.4 Å². The maximum absolute atomic E-state index is 15.2. The number of carbonyl (C=O) groups is 2. The molecule has 0 spiro atoms. The number of Topliss-reactive ketones (excluding diaryl/α,β-unsaturated/α-hetero) is 1. The molecule has 188 valence electrons. The Morgan fingerprint density at radius 2 is 2.00 bits per heavy atom. The first-order valence-corrected chi connectivity index (χ1v) is 12.8. The summed E-state index contributed by atoms with van der Waals surface area (Å²) in [6, 6.07) is 13.0. The molecule has 4 aliphatic rings. The van der Waals surface area contributed by atoms with Crippen LogP contribution in [0, 0.1) is 29.0 Å². The third-order valence-corrected chi connectivity index (χ3v) is 8.23. The van der Waals surface area contributed by atoms with Gasteiger partial charge in [-0.15, -0.1) is 0 Å². The summed E-state index contributed by atoms with van der Waals surface area (Å²) in [7, 11) is 1.60. The van der Waals surface area contributed by atoms with Crippen LogP contribution in [0.5, 0.6) is 0 Å². The molecule has 3 heterocycles. The molecule has 1 N–H and O–H groups in total. The highest BCUT2D eigenvalue weighted by Gasteiger charge is 2.45. The molecular weight excluding hydrogens is 457 g/mol. The second-order valence-electron chi connectivity index (χ2n) is 10.4. The number of carbonyl (C=O) groups excluding carboxylic acids is 2. The van der Waals surface area contributed by atoms with E-state index >= 15 is 4.39 Å². The summed E-state index contributed by atoms with van der Waals surface area (Å²) in [6.45, 7) is 1.80. The lowest BCUT2D eigenvalue weighted by Crippen LogP contribution is -2.60. The summed E-state index contributed by atoms with van der Waals surface area (Å²) >= 11 is 0. The van der Waals surface area contributed by atoms with E-state index in [9.17, 15) is 14.9 Å². The van der Waals surface area contributed by atoms with Crippen LogP contribution >= 0.6 is 0 Å². The molecule has 6 rings (SSSR count). The Kier molecular flexibility index (Phi) is 6.92. The highest BCUT2D eigenvalue weighted by Crippen LogP contribution is 2.39. The largest absolute Gasteiger partial charge is 0.383 e. The maximum atomic E-state index is 15.2. The van der Waals surface area contributed by atoms with E-state index in [1.807, 2.05) is 24.3 Å². The van der Waals surface area contributed by atoms with Crippen LogP contribution in [0.15, 0.2) is 36.4 Å². The number of anilines is 1. The Labute approximate surface area is 211 Å². The van der Waals surface area contributed by atoms with Crippen molar-refractivity contribution < 1.29 is 18.7 Å². The van der Waals surface area contributed by atoms with E-state index < -0.39 is 11.5 Å². The van der Waals surface area contributed by atoms with Crippen LogP contribution in [0.25, 0.3) is 11.1 Å². The predicted molar refractivity (Wildman–Crippen MR) is 135 cm³/mol. The molecular formula is C29H32FN3O3. The number of ether oxygens (including phenoxy) is 1. The van der Waals surface area contributed by atoms with Crippen LogP contribution in [0.1, 0.15) is 43.2 Å². The number of hydrogen-bond donors (Lipinski definition) is 1. The van der Waals surface area contributed by atoms with Gasteiger partial charge in [0.25, 0.3) is 0 Å². The van der Waals surface area contributed by atoms with Crippen molar-refractivity contribution in [3.63, 3.8) is 0 Å². The molecule has 1 aliphatic carbocycles. The van der Waals surface area contributed by atoms with Gasteiger partial charge < -0.3 is 15.0 Å². The zero-order valence-corrected chi connectivity index (χ0v) is 20.7. The molecule has 1 atom stereocenters. The Bertz CT molecular complexity index is 1200. The first-order valence-electron chi connectivity index (χ1n) is 12.8. The Hall–Kier alpha value is -3.08. The van der Waals surface area contributed by atoms with Gasteiger partial charge in [-0.25, -0.2) is 4.39 Å². The van der Waals surface area contributed by atoms with Gasteiger partial charge in [-0.2, -0.15) is 5.26 Å². The minimum absolute atomic E-state index is 0.0360. The third kappa shape index (κ3) is 4.68. The van der Waals surface area contributed by atoms with Crippen molar-refractivity contribution >= 4 is 17.4 Å². The Balaban J connectivity index is 1.29. The molecule has 2 saturated heterocycles. The molecule has 2 bridgehead atoms. The van der Waals surface area contributed by atoms with Gasteiger partial charge in [-0.1, -0.05) is 24.3 Å². The molecule has 36 heavy (non-hydrogen) atoms. The van der Waals surface area contributed by atoms with Crippen molar-refractivity contribution in [3.8, 4) is 17.2 Å².